The number of rotatable bonds is 7. The van der Waals surface area contributed by atoms with Crippen molar-refractivity contribution >= 4 is 44.2 Å². The van der Waals surface area contributed by atoms with Gasteiger partial charge >= 0.3 is 0 Å². The van der Waals surface area contributed by atoms with E-state index in [1.54, 1.807) is 11.3 Å². The van der Waals surface area contributed by atoms with E-state index in [0.717, 1.165) is 84.1 Å². The lowest BCUT2D eigenvalue weighted by Gasteiger charge is -2.33. The van der Waals surface area contributed by atoms with Gasteiger partial charge in [-0.3, -0.25) is 19.7 Å². The molecule has 2 saturated heterocycles. The number of nitrogens with one attached hydrogen (secondary N) is 2. The number of morpholine rings is 1. The van der Waals surface area contributed by atoms with Gasteiger partial charge in [0.05, 0.1) is 48.2 Å². The van der Waals surface area contributed by atoms with E-state index < -0.39 is 0 Å². The van der Waals surface area contributed by atoms with E-state index in [1.807, 2.05) is 18.3 Å². The predicted molar refractivity (Wildman–Crippen MR) is 158 cm³/mol. The average Bonchev–Trinajstić information content (AvgIpc) is 3.64. The van der Waals surface area contributed by atoms with Gasteiger partial charge in [-0.25, -0.2) is 9.97 Å². The zero-order valence-electron chi connectivity index (χ0n) is 22.4. The van der Waals surface area contributed by atoms with Crippen LogP contribution in [-0.4, -0.2) is 101 Å². The van der Waals surface area contributed by atoms with Crippen molar-refractivity contribution in [3.63, 3.8) is 0 Å². The Morgan fingerprint density at radius 1 is 1.12 bits per heavy atom. The minimum atomic E-state index is -0.196. The molecule has 5 heterocycles. The summed E-state index contributed by atoms with van der Waals surface area (Å²) in [4.78, 5) is 29.8. The number of fused-ring (bicyclic) bond motifs is 2. The van der Waals surface area contributed by atoms with Gasteiger partial charge in [0.1, 0.15) is 0 Å². The van der Waals surface area contributed by atoms with Gasteiger partial charge in [0, 0.05) is 61.6 Å². The van der Waals surface area contributed by atoms with Crippen molar-refractivity contribution in [1.82, 2.24) is 35.3 Å². The molecular weight excluding hydrogens is 524 g/mol. The number of aromatic amines is 1. The molecule has 2 aliphatic heterocycles. The molecule has 0 spiro atoms. The summed E-state index contributed by atoms with van der Waals surface area (Å²) in [7, 11) is 0. The van der Waals surface area contributed by atoms with Gasteiger partial charge < -0.3 is 15.0 Å². The predicted octanol–water partition coefficient (Wildman–Crippen LogP) is 2.49. The molecule has 3 aromatic heterocycles. The second kappa shape index (κ2) is 12.1. The third-order valence-corrected chi connectivity index (χ3v) is 8.35. The fourth-order valence-electron chi connectivity index (χ4n) is 5.07. The van der Waals surface area contributed by atoms with E-state index in [1.165, 1.54) is 11.0 Å². The van der Waals surface area contributed by atoms with Crippen LogP contribution in [-0.2, 0) is 16.1 Å². The first-order chi connectivity index (χ1) is 19.7. The van der Waals surface area contributed by atoms with E-state index in [4.69, 9.17) is 14.7 Å². The Kier molecular flexibility index (Phi) is 8.02. The Morgan fingerprint density at radius 2 is 1.95 bits per heavy atom. The number of piperazine rings is 1. The number of aromatic nitrogens is 4. The monoisotopic (exact) mass is 556 g/mol. The minimum Gasteiger partial charge on any atom is -0.378 e. The summed E-state index contributed by atoms with van der Waals surface area (Å²) < 4.78 is 6.76. The van der Waals surface area contributed by atoms with Crippen molar-refractivity contribution in [2.24, 2.45) is 0 Å². The number of amides is 1. The zero-order chi connectivity index (χ0) is 27.3. The van der Waals surface area contributed by atoms with Crippen molar-refractivity contribution in [1.29, 1.82) is 0 Å². The highest BCUT2D eigenvalue weighted by Gasteiger charge is 2.22. The van der Waals surface area contributed by atoms with Crippen molar-refractivity contribution in [2.75, 3.05) is 70.5 Å². The van der Waals surface area contributed by atoms with Gasteiger partial charge in [-0.1, -0.05) is 30.6 Å². The van der Waals surface area contributed by atoms with Gasteiger partial charge in [0.25, 0.3) is 0 Å². The van der Waals surface area contributed by atoms with Crippen LogP contribution in [0.15, 0.2) is 43.1 Å². The smallest absolute Gasteiger partial charge is 0.244 e. The first-order valence-electron chi connectivity index (χ1n) is 13.5. The van der Waals surface area contributed by atoms with Gasteiger partial charge in [0.15, 0.2) is 11.6 Å². The van der Waals surface area contributed by atoms with Gasteiger partial charge in [-0.05, 0) is 18.2 Å². The Balaban J connectivity index is 1.18. The molecule has 6 rings (SSSR count). The number of benzene rings is 1. The molecule has 1 amide bonds. The second-order valence-electron chi connectivity index (χ2n) is 9.86. The molecular formula is C29H32N8O2S. The van der Waals surface area contributed by atoms with Crippen LogP contribution in [0.5, 0.6) is 0 Å². The zero-order valence-corrected chi connectivity index (χ0v) is 23.2. The van der Waals surface area contributed by atoms with Crippen LogP contribution >= 0.6 is 11.3 Å². The van der Waals surface area contributed by atoms with Crippen LogP contribution in [0.4, 0.5) is 5.82 Å². The minimum absolute atomic E-state index is 0.196. The van der Waals surface area contributed by atoms with Gasteiger partial charge in [-0.2, -0.15) is 5.10 Å². The maximum Gasteiger partial charge on any atom is 0.244 e. The summed E-state index contributed by atoms with van der Waals surface area (Å²) in [6, 6.07) is 8.34. The van der Waals surface area contributed by atoms with Crippen molar-refractivity contribution < 1.29 is 9.53 Å². The number of thiophene rings is 1. The maximum atomic E-state index is 11.2. The molecule has 0 aliphatic carbocycles. The number of nitrogens with zero attached hydrogens (tertiary/aromatic N) is 6. The highest BCUT2D eigenvalue weighted by Crippen LogP contribution is 2.36. The molecule has 11 heteroatoms. The first kappa shape index (κ1) is 26.4. The normalized spacial score (nSPS) is 16.6. The molecule has 2 fully saturated rings. The fraction of sp³-hybridized carbons (Fsp3) is 0.379. The lowest BCUT2D eigenvalue weighted by Crippen LogP contribution is -2.45. The van der Waals surface area contributed by atoms with E-state index in [0.29, 0.717) is 26.3 Å². The topological polar surface area (TPSA) is 103 Å². The number of carbonyl (C=O) groups excluding carboxylic acids is 1. The number of H-pyrrole nitrogens is 1. The molecule has 4 aromatic rings. The Bertz CT molecular complexity index is 1570. The van der Waals surface area contributed by atoms with Crippen LogP contribution < -0.4 is 10.2 Å². The van der Waals surface area contributed by atoms with Gasteiger partial charge in [-0.15, -0.1) is 11.3 Å². The number of hydrogen-bond acceptors (Lipinski definition) is 9. The Labute approximate surface area is 237 Å². The summed E-state index contributed by atoms with van der Waals surface area (Å²) in [5, 5.41) is 11.0. The van der Waals surface area contributed by atoms with Crippen molar-refractivity contribution in [2.45, 2.75) is 6.54 Å². The summed E-state index contributed by atoms with van der Waals surface area (Å²) in [5.74, 6) is 7.69. The molecule has 0 radical (unpaired) electrons. The van der Waals surface area contributed by atoms with Crippen LogP contribution in [0, 0.1) is 11.8 Å². The van der Waals surface area contributed by atoms with E-state index >= 15 is 0 Å². The second-order valence-corrected chi connectivity index (χ2v) is 11.0. The SMILES string of the molecule is C=CC(=O)NCC#CCN1CCN(Cc2cc3nc(-c4cccc5[nH]ncc45)nc(N4CCOCC4)c3s2)CC1. The Morgan fingerprint density at radius 3 is 2.77 bits per heavy atom. The van der Waals surface area contributed by atoms with Crippen LogP contribution in [0.3, 0.4) is 0 Å². The largest absolute Gasteiger partial charge is 0.378 e. The summed E-state index contributed by atoms with van der Waals surface area (Å²) in [6.07, 6.45) is 3.10. The Hall–Kier alpha value is -3.82. The van der Waals surface area contributed by atoms with E-state index in [2.05, 4.69) is 60.8 Å². The van der Waals surface area contributed by atoms with Crippen molar-refractivity contribution in [3.8, 4) is 23.2 Å². The third kappa shape index (κ3) is 5.85. The average molecular weight is 557 g/mol. The number of ether oxygens (including phenoxy) is 1. The maximum absolute atomic E-state index is 11.2. The first-order valence-corrected chi connectivity index (χ1v) is 14.4. The summed E-state index contributed by atoms with van der Waals surface area (Å²) in [5.41, 5.74) is 2.95. The summed E-state index contributed by atoms with van der Waals surface area (Å²) in [6.45, 7) is 12.4. The highest BCUT2D eigenvalue weighted by atomic mass is 32.1. The lowest BCUT2D eigenvalue weighted by molar-refractivity contribution is -0.116. The van der Waals surface area contributed by atoms with Gasteiger partial charge in [0.2, 0.25) is 5.91 Å². The van der Waals surface area contributed by atoms with Crippen molar-refractivity contribution in [3.05, 3.63) is 48.0 Å². The van der Waals surface area contributed by atoms with E-state index in [9.17, 15) is 4.79 Å². The molecule has 0 bridgehead atoms. The van der Waals surface area contributed by atoms with Crippen LogP contribution in [0.25, 0.3) is 32.5 Å². The quantitative estimate of drug-likeness (QED) is 0.265. The molecule has 10 nitrogen and oxygen atoms in total. The molecule has 206 valence electrons. The third-order valence-electron chi connectivity index (χ3n) is 7.25. The fourth-order valence-corrected chi connectivity index (χ4v) is 6.23. The molecule has 40 heavy (non-hydrogen) atoms. The summed E-state index contributed by atoms with van der Waals surface area (Å²) >= 11 is 1.80. The molecule has 0 unspecified atom stereocenters. The van der Waals surface area contributed by atoms with E-state index in [-0.39, 0.29) is 5.91 Å². The molecule has 2 N–H and O–H groups in total. The number of carbonyl (C=O) groups is 1. The molecule has 0 atom stereocenters. The lowest BCUT2D eigenvalue weighted by atomic mass is 10.1. The highest BCUT2D eigenvalue weighted by molar-refractivity contribution is 7.19. The number of anilines is 1. The van der Waals surface area contributed by atoms with Crippen LogP contribution in [0.1, 0.15) is 4.88 Å². The van der Waals surface area contributed by atoms with Crippen LogP contribution in [0.2, 0.25) is 0 Å². The number of hydrogen-bond donors (Lipinski definition) is 2. The molecule has 1 aromatic carbocycles. The molecule has 0 saturated carbocycles. The standard InChI is InChI=1S/C29H32N8O2S/c1-2-26(38)30-8-3-4-9-35-10-12-36(13-11-35)20-21-18-25-27(40-21)29(37-14-16-39-17-15-37)33-28(32-25)22-6-5-7-24-23(22)19-31-34-24/h2,5-7,18-19H,1,8-17,20H2,(H,30,38)(H,31,34). The molecule has 2 aliphatic rings.